The van der Waals surface area contributed by atoms with Gasteiger partial charge >= 0.3 is 0 Å². The molecule has 122 valence electrons. The zero-order valence-electron chi connectivity index (χ0n) is 13.3. The highest BCUT2D eigenvalue weighted by atomic mass is 16.1. The number of anilines is 1. The van der Waals surface area contributed by atoms with E-state index in [1.807, 2.05) is 25.1 Å². The Bertz CT molecular complexity index is 831. The van der Waals surface area contributed by atoms with Crippen molar-refractivity contribution >= 4 is 11.7 Å². The van der Waals surface area contributed by atoms with E-state index in [-0.39, 0.29) is 12.5 Å². The first-order valence-corrected chi connectivity index (χ1v) is 7.24. The fraction of sp³-hybridized carbons (Fsp3) is 0.200. The highest BCUT2D eigenvalue weighted by Crippen LogP contribution is 2.09. The minimum atomic E-state index is -0.219. The lowest BCUT2D eigenvalue weighted by Crippen LogP contribution is -2.24. The molecular weight excluding hydrogens is 308 g/mol. The van der Waals surface area contributed by atoms with Crippen LogP contribution in [0.4, 0.5) is 5.82 Å². The van der Waals surface area contributed by atoms with Crippen molar-refractivity contribution in [2.24, 2.45) is 0 Å². The van der Waals surface area contributed by atoms with E-state index in [1.54, 1.807) is 30.5 Å². The van der Waals surface area contributed by atoms with Crippen molar-refractivity contribution in [3.8, 4) is 5.69 Å². The number of nitrogens with one attached hydrogen (secondary N) is 1. The zero-order chi connectivity index (χ0) is 16.9. The predicted molar refractivity (Wildman–Crippen MR) is 86.7 cm³/mol. The SMILES string of the molecule is CN(C)c1ccnc(CNC(=O)c2cccc(-n3cnnn3)c2)n1. The monoisotopic (exact) mass is 324 g/mol. The average molecular weight is 324 g/mol. The van der Waals surface area contributed by atoms with Crippen molar-refractivity contribution in [1.82, 2.24) is 35.5 Å². The van der Waals surface area contributed by atoms with E-state index in [2.05, 4.69) is 30.8 Å². The summed E-state index contributed by atoms with van der Waals surface area (Å²) in [5.74, 6) is 1.12. The zero-order valence-corrected chi connectivity index (χ0v) is 13.3. The van der Waals surface area contributed by atoms with Gasteiger partial charge in [-0.2, -0.15) is 0 Å². The molecule has 9 nitrogen and oxygen atoms in total. The van der Waals surface area contributed by atoms with Crippen LogP contribution in [0.5, 0.6) is 0 Å². The Morgan fingerprint density at radius 3 is 2.92 bits per heavy atom. The summed E-state index contributed by atoms with van der Waals surface area (Å²) in [4.78, 5) is 22.7. The molecule has 3 rings (SSSR count). The maximum absolute atomic E-state index is 12.3. The molecule has 0 unspecified atom stereocenters. The molecule has 0 atom stereocenters. The Morgan fingerprint density at radius 1 is 1.29 bits per heavy atom. The Morgan fingerprint density at radius 2 is 2.17 bits per heavy atom. The summed E-state index contributed by atoms with van der Waals surface area (Å²) in [5.41, 5.74) is 1.21. The predicted octanol–water partition coefficient (Wildman–Crippen LogP) is 0.448. The third kappa shape index (κ3) is 3.51. The van der Waals surface area contributed by atoms with E-state index in [0.717, 1.165) is 5.82 Å². The number of carbonyl (C=O) groups is 1. The topological polar surface area (TPSA) is 102 Å². The molecule has 0 spiro atoms. The first-order chi connectivity index (χ1) is 11.6. The second-order valence-electron chi connectivity index (χ2n) is 5.21. The lowest BCUT2D eigenvalue weighted by Gasteiger charge is -2.12. The molecule has 0 bridgehead atoms. The summed E-state index contributed by atoms with van der Waals surface area (Å²) < 4.78 is 1.49. The van der Waals surface area contributed by atoms with E-state index in [1.165, 1.54) is 11.0 Å². The molecule has 1 amide bonds. The van der Waals surface area contributed by atoms with Crippen LogP contribution in [0, 0.1) is 0 Å². The Kier molecular flexibility index (Phi) is 4.41. The number of hydrogen-bond acceptors (Lipinski definition) is 7. The third-order valence-corrected chi connectivity index (χ3v) is 3.28. The van der Waals surface area contributed by atoms with Gasteiger partial charge in [0.15, 0.2) is 0 Å². The van der Waals surface area contributed by atoms with E-state index in [4.69, 9.17) is 0 Å². The van der Waals surface area contributed by atoms with Crippen LogP contribution in [0.2, 0.25) is 0 Å². The second kappa shape index (κ2) is 6.82. The minimum absolute atomic E-state index is 0.219. The Balaban J connectivity index is 1.69. The lowest BCUT2D eigenvalue weighted by molar-refractivity contribution is 0.0950. The highest BCUT2D eigenvalue weighted by Gasteiger charge is 2.09. The molecule has 0 saturated heterocycles. The van der Waals surface area contributed by atoms with Gasteiger partial charge in [-0.25, -0.2) is 14.6 Å². The van der Waals surface area contributed by atoms with Gasteiger partial charge in [0, 0.05) is 25.9 Å². The number of rotatable bonds is 5. The summed E-state index contributed by atoms with van der Waals surface area (Å²) in [5, 5.41) is 13.8. The molecule has 9 heteroatoms. The highest BCUT2D eigenvalue weighted by molar-refractivity contribution is 5.94. The van der Waals surface area contributed by atoms with Gasteiger partial charge in [0.2, 0.25) is 0 Å². The van der Waals surface area contributed by atoms with Gasteiger partial charge in [-0.05, 0) is 34.7 Å². The van der Waals surface area contributed by atoms with Crippen LogP contribution in [-0.2, 0) is 6.54 Å². The van der Waals surface area contributed by atoms with Crippen LogP contribution in [0.3, 0.4) is 0 Å². The van der Waals surface area contributed by atoms with Crippen molar-refractivity contribution in [1.29, 1.82) is 0 Å². The van der Waals surface area contributed by atoms with Gasteiger partial charge in [0.05, 0.1) is 12.2 Å². The van der Waals surface area contributed by atoms with E-state index in [0.29, 0.717) is 17.1 Å². The van der Waals surface area contributed by atoms with Crippen molar-refractivity contribution < 1.29 is 4.79 Å². The fourth-order valence-corrected chi connectivity index (χ4v) is 2.05. The third-order valence-electron chi connectivity index (χ3n) is 3.28. The molecule has 2 heterocycles. The van der Waals surface area contributed by atoms with Crippen LogP contribution < -0.4 is 10.2 Å². The van der Waals surface area contributed by atoms with Crippen molar-refractivity contribution in [2.75, 3.05) is 19.0 Å². The quantitative estimate of drug-likeness (QED) is 0.727. The molecule has 0 aliphatic heterocycles. The van der Waals surface area contributed by atoms with Crippen molar-refractivity contribution in [3.63, 3.8) is 0 Å². The van der Waals surface area contributed by atoms with Crippen LogP contribution in [0.15, 0.2) is 42.9 Å². The Labute approximate surface area is 138 Å². The van der Waals surface area contributed by atoms with Gasteiger partial charge < -0.3 is 10.2 Å². The molecule has 0 fully saturated rings. The number of nitrogens with zero attached hydrogens (tertiary/aromatic N) is 7. The normalized spacial score (nSPS) is 10.4. The summed E-state index contributed by atoms with van der Waals surface area (Å²) in [6.45, 7) is 0.246. The Hall–Kier alpha value is -3.36. The van der Waals surface area contributed by atoms with Gasteiger partial charge in [-0.1, -0.05) is 6.07 Å². The molecular formula is C15H16N8O. The summed E-state index contributed by atoms with van der Waals surface area (Å²) >= 11 is 0. The molecule has 0 aliphatic rings. The van der Waals surface area contributed by atoms with E-state index < -0.39 is 0 Å². The molecule has 2 aromatic heterocycles. The average Bonchev–Trinajstić information content (AvgIpc) is 3.15. The van der Waals surface area contributed by atoms with Gasteiger partial charge in [-0.15, -0.1) is 5.10 Å². The molecule has 0 aliphatic carbocycles. The molecule has 1 aromatic carbocycles. The minimum Gasteiger partial charge on any atom is -0.363 e. The van der Waals surface area contributed by atoms with Gasteiger partial charge in [0.1, 0.15) is 18.0 Å². The largest absolute Gasteiger partial charge is 0.363 e. The van der Waals surface area contributed by atoms with Crippen LogP contribution in [-0.4, -0.2) is 50.2 Å². The first kappa shape index (κ1) is 15.5. The van der Waals surface area contributed by atoms with E-state index in [9.17, 15) is 4.79 Å². The number of aromatic nitrogens is 6. The van der Waals surface area contributed by atoms with Crippen LogP contribution in [0.25, 0.3) is 5.69 Å². The second-order valence-corrected chi connectivity index (χ2v) is 5.21. The van der Waals surface area contributed by atoms with Gasteiger partial charge in [-0.3, -0.25) is 4.79 Å². The molecule has 1 N–H and O–H groups in total. The number of benzene rings is 1. The maximum atomic E-state index is 12.3. The molecule has 3 aromatic rings. The number of carbonyl (C=O) groups excluding carboxylic acids is 1. The summed E-state index contributed by atoms with van der Waals surface area (Å²) in [6.07, 6.45) is 3.14. The standard InChI is InChI=1S/C15H16N8O/c1-22(2)14-6-7-16-13(19-14)9-17-15(24)11-4-3-5-12(8-11)23-10-18-20-21-23/h3-8,10H,9H2,1-2H3,(H,17,24). The van der Waals surface area contributed by atoms with Gasteiger partial charge in [0.25, 0.3) is 5.91 Å². The smallest absolute Gasteiger partial charge is 0.251 e. The fourth-order valence-electron chi connectivity index (χ4n) is 2.05. The molecule has 0 radical (unpaired) electrons. The maximum Gasteiger partial charge on any atom is 0.251 e. The molecule has 24 heavy (non-hydrogen) atoms. The number of amides is 1. The van der Waals surface area contributed by atoms with Crippen molar-refractivity contribution in [3.05, 3.63) is 54.2 Å². The first-order valence-electron chi connectivity index (χ1n) is 7.24. The lowest BCUT2D eigenvalue weighted by atomic mass is 10.2. The summed E-state index contributed by atoms with van der Waals surface area (Å²) in [6, 6.07) is 8.83. The van der Waals surface area contributed by atoms with Crippen LogP contribution in [0.1, 0.15) is 16.2 Å². The van der Waals surface area contributed by atoms with E-state index >= 15 is 0 Å². The van der Waals surface area contributed by atoms with Crippen molar-refractivity contribution in [2.45, 2.75) is 6.54 Å². The summed E-state index contributed by atoms with van der Waals surface area (Å²) in [7, 11) is 3.80. The number of hydrogen-bond donors (Lipinski definition) is 1. The molecule has 0 saturated carbocycles. The van der Waals surface area contributed by atoms with Crippen LogP contribution >= 0.6 is 0 Å². The number of tetrazole rings is 1.